The van der Waals surface area contributed by atoms with E-state index >= 15 is 0 Å². The maximum atomic E-state index is 13.4. The van der Waals surface area contributed by atoms with Crippen molar-refractivity contribution in [2.24, 2.45) is 5.84 Å². The lowest BCUT2D eigenvalue weighted by atomic mass is 9.99. The second kappa shape index (κ2) is 7.54. The van der Waals surface area contributed by atoms with Crippen LogP contribution in [0, 0.1) is 5.82 Å². The molecule has 21 heavy (non-hydrogen) atoms. The van der Waals surface area contributed by atoms with Gasteiger partial charge in [-0.05, 0) is 54.3 Å². The first kappa shape index (κ1) is 15.9. The highest BCUT2D eigenvalue weighted by molar-refractivity contribution is 9.10. The Kier molecular flexibility index (Phi) is 5.73. The minimum atomic E-state index is -0.266. The van der Waals surface area contributed by atoms with Gasteiger partial charge in [0.1, 0.15) is 11.6 Å². The number of hydrogen-bond acceptors (Lipinski definition) is 3. The van der Waals surface area contributed by atoms with E-state index in [4.69, 9.17) is 10.6 Å². The third-order valence-electron chi connectivity index (χ3n) is 3.42. The number of benzene rings is 2. The number of rotatable bonds is 6. The number of aryl methyl sites for hydroxylation is 1. The highest BCUT2D eigenvalue weighted by Gasteiger charge is 2.14. The van der Waals surface area contributed by atoms with Gasteiger partial charge in [0.25, 0.3) is 0 Å². The zero-order chi connectivity index (χ0) is 15.2. The normalized spacial score (nSPS) is 12.2. The average Bonchev–Trinajstić information content (AvgIpc) is 2.51. The lowest BCUT2D eigenvalue weighted by Crippen LogP contribution is -2.28. The fourth-order valence-corrected chi connectivity index (χ4v) is 2.74. The van der Waals surface area contributed by atoms with Gasteiger partial charge in [0.2, 0.25) is 0 Å². The highest BCUT2D eigenvalue weighted by Crippen LogP contribution is 2.27. The number of nitrogens with two attached hydrogens (primary N) is 1. The SMILES string of the molecule is COc1ccc(CCC(NN)c2cc(F)ccc2Br)cc1. The predicted octanol–water partition coefficient (Wildman–Crippen LogP) is 3.73. The van der Waals surface area contributed by atoms with Gasteiger partial charge >= 0.3 is 0 Å². The molecule has 3 N–H and O–H groups in total. The molecule has 0 heterocycles. The van der Waals surface area contributed by atoms with Gasteiger partial charge in [-0.1, -0.05) is 28.1 Å². The molecule has 2 aromatic carbocycles. The van der Waals surface area contributed by atoms with E-state index in [1.807, 2.05) is 24.3 Å². The van der Waals surface area contributed by atoms with Crippen molar-refractivity contribution in [1.29, 1.82) is 0 Å². The summed E-state index contributed by atoms with van der Waals surface area (Å²) in [6.07, 6.45) is 1.60. The van der Waals surface area contributed by atoms with E-state index < -0.39 is 0 Å². The largest absolute Gasteiger partial charge is 0.497 e. The third kappa shape index (κ3) is 4.27. The number of methoxy groups -OCH3 is 1. The molecule has 0 saturated heterocycles. The van der Waals surface area contributed by atoms with Crippen LogP contribution in [0.2, 0.25) is 0 Å². The standard InChI is InChI=1S/C16H18BrFN2O/c1-21-13-6-2-11(3-7-13)4-9-16(20-19)14-10-12(18)5-8-15(14)17/h2-3,5-8,10,16,20H,4,9,19H2,1H3. The Morgan fingerprint density at radius 2 is 1.95 bits per heavy atom. The molecule has 5 heteroatoms. The smallest absolute Gasteiger partial charge is 0.123 e. The fourth-order valence-electron chi connectivity index (χ4n) is 2.21. The maximum Gasteiger partial charge on any atom is 0.123 e. The highest BCUT2D eigenvalue weighted by atomic mass is 79.9. The summed E-state index contributed by atoms with van der Waals surface area (Å²) in [5.41, 5.74) is 4.77. The molecule has 1 atom stereocenters. The Labute approximate surface area is 132 Å². The molecule has 0 amide bonds. The Balaban J connectivity index is 2.06. The minimum absolute atomic E-state index is 0.114. The van der Waals surface area contributed by atoms with Gasteiger partial charge < -0.3 is 4.74 Å². The topological polar surface area (TPSA) is 47.3 Å². The molecule has 0 fully saturated rings. The number of hydrazine groups is 1. The van der Waals surface area contributed by atoms with Gasteiger partial charge in [0.05, 0.1) is 7.11 Å². The second-order valence-electron chi connectivity index (χ2n) is 4.77. The Hall–Kier alpha value is -1.43. The summed E-state index contributed by atoms with van der Waals surface area (Å²) in [6.45, 7) is 0. The van der Waals surface area contributed by atoms with Crippen molar-refractivity contribution in [2.75, 3.05) is 7.11 Å². The molecule has 0 saturated carbocycles. The zero-order valence-electron chi connectivity index (χ0n) is 11.8. The lowest BCUT2D eigenvalue weighted by molar-refractivity contribution is 0.414. The quantitative estimate of drug-likeness (QED) is 0.615. The van der Waals surface area contributed by atoms with Crippen molar-refractivity contribution < 1.29 is 9.13 Å². The molecular weight excluding hydrogens is 335 g/mol. The third-order valence-corrected chi connectivity index (χ3v) is 4.14. The number of nitrogens with one attached hydrogen (secondary N) is 1. The van der Waals surface area contributed by atoms with Crippen molar-refractivity contribution in [3.63, 3.8) is 0 Å². The van der Waals surface area contributed by atoms with Crippen LogP contribution in [0.3, 0.4) is 0 Å². The molecule has 0 bridgehead atoms. The first-order valence-corrected chi connectivity index (χ1v) is 7.47. The van der Waals surface area contributed by atoms with Crippen molar-refractivity contribution in [3.8, 4) is 5.75 Å². The summed E-state index contributed by atoms with van der Waals surface area (Å²) >= 11 is 3.44. The van der Waals surface area contributed by atoms with E-state index in [-0.39, 0.29) is 11.9 Å². The van der Waals surface area contributed by atoms with E-state index in [0.29, 0.717) is 0 Å². The van der Waals surface area contributed by atoms with Crippen LogP contribution in [0.25, 0.3) is 0 Å². The van der Waals surface area contributed by atoms with E-state index in [1.54, 1.807) is 13.2 Å². The number of ether oxygens (including phenoxy) is 1. The van der Waals surface area contributed by atoms with Gasteiger partial charge in [-0.25, -0.2) is 4.39 Å². The molecule has 0 aromatic heterocycles. The first-order chi connectivity index (χ1) is 10.1. The monoisotopic (exact) mass is 352 g/mol. The van der Waals surface area contributed by atoms with Crippen molar-refractivity contribution in [1.82, 2.24) is 5.43 Å². The first-order valence-electron chi connectivity index (χ1n) is 6.68. The van der Waals surface area contributed by atoms with Crippen LogP contribution in [-0.4, -0.2) is 7.11 Å². The van der Waals surface area contributed by atoms with Gasteiger partial charge in [-0.15, -0.1) is 0 Å². The Morgan fingerprint density at radius 3 is 2.57 bits per heavy atom. The van der Waals surface area contributed by atoms with Crippen LogP contribution in [0.4, 0.5) is 4.39 Å². The Morgan fingerprint density at radius 1 is 1.24 bits per heavy atom. The van der Waals surface area contributed by atoms with Crippen LogP contribution in [0.15, 0.2) is 46.9 Å². The van der Waals surface area contributed by atoms with E-state index in [2.05, 4.69) is 21.4 Å². The summed E-state index contributed by atoms with van der Waals surface area (Å²) in [6, 6.07) is 12.4. The lowest BCUT2D eigenvalue weighted by Gasteiger charge is -2.18. The van der Waals surface area contributed by atoms with Gasteiger partial charge in [-0.2, -0.15) is 0 Å². The summed E-state index contributed by atoms with van der Waals surface area (Å²) in [5, 5.41) is 0. The molecule has 0 aliphatic rings. The molecule has 3 nitrogen and oxygen atoms in total. The van der Waals surface area contributed by atoms with Crippen molar-refractivity contribution >= 4 is 15.9 Å². The van der Waals surface area contributed by atoms with Crippen LogP contribution in [0.5, 0.6) is 5.75 Å². The summed E-state index contributed by atoms with van der Waals surface area (Å²) < 4.78 is 19.4. The van der Waals surface area contributed by atoms with Gasteiger partial charge in [0.15, 0.2) is 0 Å². The van der Waals surface area contributed by atoms with Crippen LogP contribution < -0.4 is 16.0 Å². The molecule has 0 spiro atoms. The maximum absolute atomic E-state index is 13.4. The molecule has 0 radical (unpaired) electrons. The molecule has 1 unspecified atom stereocenters. The molecule has 0 aliphatic carbocycles. The van der Waals surface area contributed by atoms with E-state index in [0.717, 1.165) is 28.6 Å². The summed E-state index contributed by atoms with van der Waals surface area (Å²) in [7, 11) is 1.64. The molecule has 2 aromatic rings. The van der Waals surface area contributed by atoms with Crippen molar-refractivity contribution in [2.45, 2.75) is 18.9 Å². The molecule has 112 valence electrons. The van der Waals surface area contributed by atoms with Gasteiger partial charge in [-0.3, -0.25) is 11.3 Å². The van der Waals surface area contributed by atoms with Crippen LogP contribution >= 0.6 is 15.9 Å². The van der Waals surface area contributed by atoms with E-state index in [1.165, 1.54) is 17.7 Å². The molecule has 0 aliphatic heterocycles. The summed E-state index contributed by atoms with van der Waals surface area (Å²) in [4.78, 5) is 0. The molecular formula is C16H18BrFN2O. The number of hydrogen-bond donors (Lipinski definition) is 2. The second-order valence-corrected chi connectivity index (χ2v) is 5.63. The van der Waals surface area contributed by atoms with E-state index in [9.17, 15) is 4.39 Å². The fraction of sp³-hybridized carbons (Fsp3) is 0.250. The predicted molar refractivity (Wildman–Crippen MR) is 85.5 cm³/mol. The Bertz CT molecular complexity index is 589. The minimum Gasteiger partial charge on any atom is -0.497 e. The van der Waals surface area contributed by atoms with Crippen LogP contribution in [-0.2, 0) is 6.42 Å². The van der Waals surface area contributed by atoms with Crippen LogP contribution in [0.1, 0.15) is 23.6 Å². The van der Waals surface area contributed by atoms with Crippen molar-refractivity contribution in [3.05, 3.63) is 63.9 Å². The van der Waals surface area contributed by atoms with Gasteiger partial charge in [0, 0.05) is 10.5 Å². The zero-order valence-corrected chi connectivity index (χ0v) is 13.4. The number of halogens is 2. The average molecular weight is 353 g/mol. The summed E-state index contributed by atoms with van der Waals surface area (Å²) in [5.74, 6) is 6.19. The molecule has 2 rings (SSSR count).